The monoisotopic (exact) mass is 333 g/mol. The maximum atomic E-state index is 11.4. The van der Waals surface area contributed by atoms with Gasteiger partial charge in [0.15, 0.2) is 0 Å². The summed E-state index contributed by atoms with van der Waals surface area (Å²) < 4.78 is 23.9. The van der Waals surface area contributed by atoms with Crippen LogP contribution >= 0.6 is 15.9 Å². The third-order valence-corrected chi connectivity index (χ3v) is 4.39. The van der Waals surface area contributed by atoms with E-state index in [-0.39, 0.29) is 11.8 Å². The summed E-state index contributed by atoms with van der Waals surface area (Å²) in [6, 6.07) is 7.90. The van der Waals surface area contributed by atoms with Crippen molar-refractivity contribution in [3.8, 4) is 0 Å². The molecule has 0 amide bonds. The van der Waals surface area contributed by atoms with Gasteiger partial charge in [-0.1, -0.05) is 41.1 Å². The maximum Gasteiger partial charge on any atom is 0.148 e. The van der Waals surface area contributed by atoms with Crippen molar-refractivity contribution in [1.29, 1.82) is 0 Å². The second-order valence-electron chi connectivity index (χ2n) is 4.54. The number of hydrogen-bond donors (Lipinski definition) is 1. The summed E-state index contributed by atoms with van der Waals surface area (Å²) in [5.74, 6) is 0.175. The third-order valence-electron chi connectivity index (χ3n) is 2.61. The van der Waals surface area contributed by atoms with Gasteiger partial charge in [0, 0.05) is 16.8 Å². The number of halogens is 1. The molecule has 0 radical (unpaired) electrons. The van der Waals surface area contributed by atoms with E-state index in [4.69, 9.17) is 0 Å². The van der Waals surface area contributed by atoms with Crippen LogP contribution < -0.4 is 5.32 Å². The minimum Gasteiger partial charge on any atom is -0.313 e. The zero-order valence-electron chi connectivity index (χ0n) is 10.8. The number of sulfone groups is 1. The van der Waals surface area contributed by atoms with Gasteiger partial charge in [-0.2, -0.15) is 0 Å². The molecular weight excluding hydrogens is 314 g/mol. The molecule has 0 aliphatic heterocycles. The van der Waals surface area contributed by atoms with Crippen molar-refractivity contribution in [1.82, 2.24) is 5.32 Å². The lowest BCUT2D eigenvalue weighted by atomic mass is 10.1. The first-order chi connectivity index (χ1) is 8.42. The third kappa shape index (κ3) is 5.98. The molecule has 0 heterocycles. The summed E-state index contributed by atoms with van der Waals surface area (Å²) in [6.45, 7) is 2.91. The molecule has 1 aromatic carbocycles. The lowest BCUT2D eigenvalue weighted by molar-refractivity contribution is 0.529. The van der Waals surface area contributed by atoms with E-state index in [0.717, 1.165) is 23.0 Å². The summed E-state index contributed by atoms with van der Waals surface area (Å²) in [5, 5.41) is 3.30. The van der Waals surface area contributed by atoms with Crippen molar-refractivity contribution in [2.45, 2.75) is 25.8 Å². The van der Waals surface area contributed by atoms with Gasteiger partial charge in [0.2, 0.25) is 0 Å². The Morgan fingerprint density at radius 3 is 2.56 bits per heavy atom. The van der Waals surface area contributed by atoms with Crippen molar-refractivity contribution < 1.29 is 8.42 Å². The Balaban J connectivity index is 2.75. The molecule has 0 spiro atoms. The molecule has 102 valence electrons. The molecule has 18 heavy (non-hydrogen) atoms. The highest BCUT2D eigenvalue weighted by Gasteiger charge is 2.16. The van der Waals surface area contributed by atoms with Gasteiger partial charge in [0.25, 0.3) is 0 Å². The lowest BCUT2D eigenvalue weighted by Crippen LogP contribution is -2.37. The van der Waals surface area contributed by atoms with Crippen LogP contribution in [0.25, 0.3) is 0 Å². The van der Waals surface area contributed by atoms with E-state index >= 15 is 0 Å². The molecule has 1 atom stereocenters. The van der Waals surface area contributed by atoms with Crippen LogP contribution in [0.15, 0.2) is 28.7 Å². The maximum absolute atomic E-state index is 11.4. The van der Waals surface area contributed by atoms with E-state index in [2.05, 4.69) is 28.2 Å². The fourth-order valence-corrected chi connectivity index (χ4v) is 3.25. The number of hydrogen-bond acceptors (Lipinski definition) is 3. The van der Waals surface area contributed by atoms with E-state index < -0.39 is 9.84 Å². The Bertz CT molecular complexity index is 474. The van der Waals surface area contributed by atoms with Gasteiger partial charge in [-0.15, -0.1) is 0 Å². The molecule has 0 bridgehead atoms. The summed E-state index contributed by atoms with van der Waals surface area (Å²) in [7, 11) is -2.96. The van der Waals surface area contributed by atoms with Gasteiger partial charge in [0.05, 0.1) is 5.75 Å². The van der Waals surface area contributed by atoms with Crippen LogP contribution in [0, 0.1) is 0 Å². The second kappa shape index (κ2) is 7.26. The fraction of sp³-hybridized carbons (Fsp3) is 0.538. The zero-order chi connectivity index (χ0) is 13.6. The second-order valence-corrected chi connectivity index (χ2v) is 7.58. The average molecular weight is 334 g/mol. The van der Waals surface area contributed by atoms with Crippen molar-refractivity contribution >= 4 is 25.8 Å². The molecule has 0 aromatic heterocycles. The molecule has 0 saturated carbocycles. The highest BCUT2D eigenvalue weighted by atomic mass is 79.9. The minimum atomic E-state index is -2.96. The molecule has 0 aliphatic rings. The van der Waals surface area contributed by atoms with E-state index in [9.17, 15) is 8.42 Å². The van der Waals surface area contributed by atoms with E-state index in [1.54, 1.807) is 0 Å². The van der Waals surface area contributed by atoms with Gasteiger partial charge in [-0.05, 0) is 31.0 Å². The Kier molecular flexibility index (Phi) is 6.32. The van der Waals surface area contributed by atoms with Crippen LogP contribution in [-0.4, -0.2) is 33.0 Å². The molecule has 0 aliphatic carbocycles. The van der Waals surface area contributed by atoms with E-state index in [1.165, 1.54) is 6.26 Å². The molecule has 1 aromatic rings. The van der Waals surface area contributed by atoms with Gasteiger partial charge in [0.1, 0.15) is 9.84 Å². The van der Waals surface area contributed by atoms with Crippen LogP contribution in [0.3, 0.4) is 0 Å². The summed E-state index contributed by atoms with van der Waals surface area (Å²) in [4.78, 5) is 0. The Hall–Kier alpha value is -0.390. The predicted molar refractivity (Wildman–Crippen MR) is 79.6 cm³/mol. The van der Waals surface area contributed by atoms with Crippen molar-refractivity contribution in [3.05, 3.63) is 34.3 Å². The zero-order valence-corrected chi connectivity index (χ0v) is 13.2. The predicted octanol–water partition coefficient (Wildman–Crippen LogP) is 2.40. The van der Waals surface area contributed by atoms with Crippen LogP contribution in [0.5, 0.6) is 0 Å². The highest BCUT2D eigenvalue weighted by molar-refractivity contribution is 9.10. The van der Waals surface area contributed by atoms with Crippen LogP contribution in [0.2, 0.25) is 0 Å². The average Bonchev–Trinajstić information content (AvgIpc) is 2.27. The molecule has 5 heteroatoms. The van der Waals surface area contributed by atoms with Gasteiger partial charge in [-0.25, -0.2) is 8.42 Å². The van der Waals surface area contributed by atoms with Crippen molar-refractivity contribution in [2.75, 3.05) is 18.6 Å². The normalized spacial score (nSPS) is 13.5. The van der Waals surface area contributed by atoms with Gasteiger partial charge in [-0.3, -0.25) is 0 Å². The first kappa shape index (κ1) is 15.7. The highest BCUT2D eigenvalue weighted by Crippen LogP contribution is 2.17. The van der Waals surface area contributed by atoms with Crippen LogP contribution in [0.1, 0.15) is 18.9 Å². The summed E-state index contributed by atoms with van der Waals surface area (Å²) >= 11 is 3.50. The topological polar surface area (TPSA) is 46.2 Å². The standard InChI is InChI=1S/C13H20BrNO2S/c1-3-8-15-12(10-18(2,16)17)9-11-6-4-5-7-13(11)14/h4-7,12,15H,3,8-10H2,1-2H3. The number of nitrogens with one attached hydrogen (secondary N) is 1. The Labute approximate surface area is 118 Å². The molecule has 1 N–H and O–H groups in total. The van der Waals surface area contributed by atoms with Crippen LogP contribution in [-0.2, 0) is 16.3 Å². The summed E-state index contributed by atoms with van der Waals surface area (Å²) in [6.07, 6.45) is 3.00. The van der Waals surface area contributed by atoms with Gasteiger partial charge >= 0.3 is 0 Å². The molecular formula is C13H20BrNO2S. The quantitative estimate of drug-likeness (QED) is 0.833. The molecule has 3 nitrogen and oxygen atoms in total. The van der Waals surface area contributed by atoms with E-state index in [1.807, 2.05) is 24.3 Å². The first-order valence-electron chi connectivity index (χ1n) is 6.07. The molecule has 0 fully saturated rings. The van der Waals surface area contributed by atoms with Gasteiger partial charge < -0.3 is 5.32 Å². The van der Waals surface area contributed by atoms with Crippen molar-refractivity contribution in [2.24, 2.45) is 0 Å². The summed E-state index contributed by atoms with van der Waals surface area (Å²) in [5.41, 5.74) is 1.13. The minimum absolute atomic E-state index is 0.0290. The molecule has 1 unspecified atom stereocenters. The number of benzene rings is 1. The smallest absolute Gasteiger partial charge is 0.148 e. The van der Waals surface area contributed by atoms with Crippen LogP contribution in [0.4, 0.5) is 0 Å². The first-order valence-corrected chi connectivity index (χ1v) is 8.92. The molecule has 0 saturated heterocycles. The Morgan fingerprint density at radius 2 is 2.00 bits per heavy atom. The lowest BCUT2D eigenvalue weighted by Gasteiger charge is -2.18. The van der Waals surface area contributed by atoms with E-state index in [0.29, 0.717) is 6.42 Å². The SMILES string of the molecule is CCCNC(Cc1ccccc1Br)CS(C)(=O)=O. The largest absolute Gasteiger partial charge is 0.313 e. The fourth-order valence-electron chi connectivity index (χ4n) is 1.83. The molecule has 1 rings (SSSR count). The number of rotatable bonds is 7. The van der Waals surface area contributed by atoms with Crippen molar-refractivity contribution in [3.63, 3.8) is 0 Å². The Morgan fingerprint density at radius 1 is 1.33 bits per heavy atom.